The zero-order valence-electron chi connectivity index (χ0n) is 12.1. The second-order valence-electron chi connectivity index (χ2n) is 5.58. The van der Waals surface area contributed by atoms with Gasteiger partial charge in [0, 0.05) is 12.0 Å². The molecule has 0 aliphatic carbocycles. The van der Waals surface area contributed by atoms with E-state index in [2.05, 4.69) is 44.0 Å². The monoisotopic (exact) mass is 338 g/mol. The van der Waals surface area contributed by atoms with E-state index in [1.807, 2.05) is 4.90 Å². The number of amides is 1. The molecule has 1 heterocycles. The summed E-state index contributed by atoms with van der Waals surface area (Å²) in [6.07, 6.45) is 2.15. The van der Waals surface area contributed by atoms with Crippen molar-refractivity contribution in [3.05, 3.63) is 48.6 Å². The molecule has 1 saturated heterocycles. The highest BCUT2D eigenvalue weighted by Crippen LogP contribution is 2.16. The summed E-state index contributed by atoms with van der Waals surface area (Å²) in [5.74, 6) is 0.209. The topological polar surface area (TPSA) is 20.3 Å². The van der Waals surface area contributed by atoms with Crippen LogP contribution < -0.4 is 17.0 Å². The number of hydrogen-bond acceptors (Lipinski definition) is 1. The van der Waals surface area contributed by atoms with E-state index in [4.69, 9.17) is 0 Å². The Bertz CT molecular complexity index is 439. The molecule has 4 heteroatoms. The van der Waals surface area contributed by atoms with Crippen LogP contribution in [-0.2, 0) is 11.3 Å². The third-order valence-electron chi connectivity index (χ3n) is 3.90. The maximum absolute atomic E-state index is 11.8. The number of piperazine rings is 1. The molecule has 1 aliphatic heterocycles. The van der Waals surface area contributed by atoms with Crippen molar-refractivity contribution in [3.63, 3.8) is 0 Å². The van der Waals surface area contributed by atoms with Crippen LogP contribution in [0.2, 0.25) is 0 Å². The van der Waals surface area contributed by atoms with Gasteiger partial charge in [-0.05, 0) is 0 Å². The molecule has 0 saturated carbocycles. The van der Waals surface area contributed by atoms with E-state index >= 15 is 0 Å². The second kappa shape index (κ2) is 7.60. The molecule has 0 atom stereocenters. The Balaban J connectivity index is 0.00000200. The fraction of sp³-hybridized carbons (Fsp3) is 0.438. The number of rotatable bonds is 4. The Kier molecular flexibility index (Phi) is 6.43. The van der Waals surface area contributed by atoms with E-state index in [9.17, 15) is 4.79 Å². The standard InChI is InChI=1S/C16H23N2O.BrH/c1-3-7-16(19)17-10-12-18(2,13-11-17)14-15-8-5-4-6-9-15;/h3-6,8-9H,1,7,10-14H2,2H3;1H/q+1;/p-1. The zero-order chi connectivity index (χ0) is 13.7. The van der Waals surface area contributed by atoms with Crippen molar-refractivity contribution in [1.29, 1.82) is 0 Å². The molecule has 2 rings (SSSR count). The van der Waals surface area contributed by atoms with Crippen LogP contribution in [0.4, 0.5) is 0 Å². The number of hydrogen-bond donors (Lipinski definition) is 0. The first-order valence-corrected chi connectivity index (χ1v) is 6.89. The van der Waals surface area contributed by atoms with Crippen LogP contribution in [-0.4, -0.2) is 48.5 Å². The molecule has 0 N–H and O–H groups in total. The molecule has 0 bridgehead atoms. The first kappa shape index (κ1) is 16.9. The number of carbonyl (C=O) groups is 1. The maximum atomic E-state index is 11.8. The maximum Gasteiger partial charge on any atom is 0.226 e. The van der Waals surface area contributed by atoms with Crippen LogP contribution in [0, 0.1) is 0 Å². The summed E-state index contributed by atoms with van der Waals surface area (Å²) < 4.78 is 1.02. The van der Waals surface area contributed by atoms with Crippen molar-refractivity contribution in [2.45, 2.75) is 13.0 Å². The number of carbonyl (C=O) groups excluding carboxylic acids is 1. The highest BCUT2D eigenvalue weighted by molar-refractivity contribution is 5.77. The molecule has 1 aliphatic rings. The highest BCUT2D eigenvalue weighted by atomic mass is 79.9. The third-order valence-corrected chi connectivity index (χ3v) is 3.90. The minimum absolute atomic E-state index is 0. The lowest BCUT2D eigenvalue weighted by Gasteiger charge is -2.42. The number of benzene rings is 1. The van der Waals surface area contributed by atoms with Crippen LogP contribution in [0.1, 0.15) is 12.0 Å². The first-order chi connectivity index (χ1) is 9.13. The average Bonchev–Trinajstić information content (AvgIpc) is 2.40. The summed E-state index contributed by atoms with van der Waals surface area (Å²) in [6.45, 7) is 8.44. The van der Waals surface area contributed by atoms with E-state index in [1.54, 1.807) is 6.08 Å². The van der Waals surface area contributed by atoms with Gasteiger partial charge in [0.15, 0.2) is 0 Å². The Morgan fingerprint density at radius 1 is 1.30 bits per heavy atom. The Morgan fingerprint density at radius 2 is 1.90 bits per heavy atom. The summed E-state index contributed by atoms with van der Waals surface area (Å²) in [6, 6.07) is 10.6. The Labute approximate surface area is 132 Å². The third kappa shape index (κ3) is 4.46. The Morgan fingerprint density at radius 3 is 2.45 bits per heavy atom. The van der Waals surface area contributed by atoms with E-state index in [0.29, 0.717) is 6.42 Å². The fourth-order valence-electron chi connectivity index (χ4n) is 2.63. The number of halogens is 1. The van der Waals surface area contributed by atoms with Gasteiger partial charge in [0.1, 0.15) is 6.54 Å². The summed E-state index contributed by atoms with van der Waals surface area (Å²) in [7, 11) is 2.28. The predicted molar refractivity (Wildman–Crippen MR) is 77.5 cm³/mol. The minimum Gasteiger partial charge on any atom is -1.00 e. The van der Waals surface area contributed by atoms with Gasteiger partial charge < -0.3 is 26.4 Å². The molecule has 0 aromatic heterocycles. The van der Waals surface area contributed by atoms with E-state index in [0.717, 1.165) is 37.2 Å². The van der Waals surface area contributed by atoms with Crippen molar-refractivity contribution >= 4 is 5.91 Å². The normalized spacial score (nSPS) is 17.1. The smallest absolute Gasteiger partial charge is 0.226 e. The molecular formula is C16H23BrN2O. The number of quaternary nitrogens is 1. The molecule has 110 valence electrons. The van der Waals surface area contributed by atoms with Gasteiger partial charge in [0.2, 0.25) is 5.91 Å². The van der Waals surface area contributed by atoms with Crippen LogP contribution in [0.25, 0.3) is 0 Å². The van der Waals surface area contributed by atoms with E-state index in [-0.39, 0.29) is 22.9 Å². The van der Waals surface area contributed by atoms with Crippen LogP contribution in [0.3, 0.4) is 0 Å². The van der Waals surface area contributed by atoms with Gasteiger partial charge in [-0.1, -0.05) is 36.4 Å². The highest BCUT2D eigenvalue weighted by Gasteiger charge is 2.30. The van der Waals surface area contributed by atoms with Gasteiger partial charge >= 0.3 is 0 Å². The average molecular weight is 339 g/mol. The molecule has 3 nitrogen and oxygen atoms in total. The lowest BCUT2D eigenvalue weighted by molar-refractivity contribution is -0.926. The van der Waals surface area contributed by atoms with Crippen molar-refractivity contribution in [2.75, 3.05) is 33.2 Å². The van der Waals surface area contributed by atoms with Gasteiger partial charge in [-0.2, -0.15) is 0 Å². The number of nitrogens with zero attached hydrogens (tertiary/aromatic N) is 2. The SMILES string of the molecule is C=CCC(=O)N1CC[N+](C)(Cc2ccccc2)CC1.[Br-]. The molecule has 1 aromatic carbocycles. The zero-order valence-corrected chi connectivity index (χ0v) is 13.7. The molecular weight excluding hydrogens is 316 g/mol. The summed E-state index contributed by atoms with van der Waals surface area (Å²) in [5, 5.41) is 0. The van der Waals surface area contributed by atoms with E-state index < -0.39 is 0 Å². The van der Waals surface area contributed by atoms with E-state index in [1.165, 1.54) is 5.56 Å². The molecule has 1 fully saturated rings. The van der Waals surface area contributed by atoms with Gasteiger partial charge in [-0.25, -0.2) is 0 Å². The quantitative estimate of drug-likeness (QED) is 0.512. The molecule has 1 aromatic rings. The van der Waals surface area contributed by atoms with Crippen molar-refractivity contribution in [1.82, 2.24) is 4.90 Å². The molecule has 0 unspecified atom stereocenters. The fourth-order valence-corrected chi connectivity index (χ4v) is 2.63. The van der Waals surface area contributed by atoms with Gasteiger partial charge in [0.05, 0.1) is 33.2 Å². The lowest BCUT2D eigenvalue weighted by Crippen LogP contribution is -3.00. The molecule has 1 amide bonds. The van der Waals surface area contributed by atoms with Gasteiger partial charge in [0.25, 0.3) is 0 Å². The molecule has 0 spiro atoms. The van der Waals surface area contributed by atoms with Gasteiger partial charge in [-0.3, -0.25) is 4.79 Å². The Hall–Kier alpha value is -1.13. The second-order valence-corrected chi connectivity index (χ2v) is 5.58. The van der Waals surface area contributed by atoms with Crippen molar-refractivity contribution in [3.8, 4) is 0 Å². The largest absolute Gasteiger partial charge is 1.00 e. The predicted octanol–water partition coefficient (Wildman–Crippen LogP) is -0.944. The summed E-state index contributed by atoms with van der Waals surface area (Å²) >= 11 is 0. The van der Waals surface area contributed by atoms with Crippen LogP contribution in [0.15, 0.2) is 43.0 Å². The molecule has 20 heavy (non-hydrogen) atoms. The van der Waals surface area contributed by atoms with Gasteiger partial charge in [-0.15, -0.1) is 6.58 Å². The minimum atomic E-state index is 0. The number of likely N-dealkylation sites (N-methyl/N-ethyl adjacent to an activating group) is 1. The summed E-state index contributed by atoms with van der Waals surface area (Å²) in [5.41, 5.74) is 1.37. The molecule has 0 radical (unpaired) electrons. The lowest BCUT2D eigenvalue weighted by atomic mass is 10.1. The van der Waals surface area contributed by atoms with Crippen molar-refractivity contribution in [2.24, 2.45) is 0 Å². The van der Waals surface area contributed by atoms with Crippen LogP contribution in [0.5, 0.6) is 0 Å². The first-order valence-electron chi connectivity index (χ1n) is 6.89. The van der Waals surface area contributed by atoms with Crippen LogP contribution >= 0.6 is 0 Å². The van der Waals surface area contributed by atoms with Crippen molar-refractivity contribution < 1.29 is 26.3 Å². The summed E-state index contributed by atoms with van der Waals surface area (Å²) in [4.78, 5) is 13.8.